The summed E-state index contributed by atoms with van der Waals surface area (Å²) in [6, 6.07) is 4.95. The average Bonchev–Trinajstić information content (AvgIpc) is 2.87. The minimum Gasteiger partial charge on any atom is -0.271 e. The lowest BCUT2D eigenvalue weighted by molar-refractivity contribution is 0.467. The maximum atomic E-state index is 13.6. The molecule has 0 saturated heterocycles. The minimum absolute atomic E-state index is 0.215. The van der Waals surface area contributed by atoms with Gasteiger partial charge in [-0.15, -0.1) is 0 Å². The van der Waals surface area contributed by atoms with E-state index in [9.17, 15) is 4.39 Å². The van der Waals surface area contributed by atoms with Gasteiger partial charge >= 0.3 is 0 Å². The Kier molecular flexibility index (Phi) is 4.85. The van der Waals surface area contributed by atoms with Crippen LogP contribution >= 0.6 is 15.9 Å². The van der Waals surface area contributed by atoms with Crippen LogP contribution in [0.4, 0.5) is 4.39 Å². The highest BCUT2D eigenvalue weighted by molar-refractivity contribution is 9.10. The van der Waals surface area contributed by atoms with Crippen molar-refractivity contribution in [2.24, 2.45) is 5.84 Å². The van der Waals surface area contributed by atoms with Crippen molar-refractivity contribution in [2.45, 2.75) is 32.4 Å². The molecule has 2 rings (SSSR count). The van der Waals surface area contributed by atoms with Gasteiger partial charge < -0.3 is 0 Å². The molecule has 1 unspecified atom stereocenters. The highest BCUT2D eigenvalue weighted by atomic mass is 79.9. The van der Waals surface area contributed by atoms with Crippen molar-refractivity contribution in [2.75, 3.05) is 0 Å². The van der Waals surface area contributed by atoms with E-state index in [1.165, 1.54) is 12.4 Å². The molecular weight excluding hydrogens is 325 g/mol. The normalized spacial score (nSPS) is 12.9. The number of nitrogens with zero attached hydrogens (tertiary/aromatic N) is 3. The van der Waals surface area contributed by atoms with E-state index in [1.54, 1.807) is 6.07 Å². The fourth-order valence-corrected chi connectivity index (χ4v) is 2.28. The zero-order chi connectivity index (χ0) is 14.7. The summed E-state index contributed by atoms with van der Waals surface area (Å²) in [4.78, 5) is 4.24. The van der Waals surface area contributed by atoms with Crippen LogP contribution in [-0.2, 0) is 6.42 Å². The number of hydrazine groups is 1. The SMILES string of the molecule is CC(C)n1ncnc1CC(NN)c1ccc(Br)c(F)c1. The van der Waals surface area contributed by atoms with Crippen molar-refractivity contribution in [1.29, 1.82) is 0 Å². The van der Waals surface area contributed by atoms with Gasteiger partial charge in [0, 0.05) is 12.5 Å². The Labute approximate surface area is 125 Å². The Morgan fingerprint density at radius 2 is 2.20 bits per heavy atom. The topological polar surface area (TPSA) is 68.8 Å². The zero-order valence-corrected chi connectivity index (χ0v) is 12.9. The summed E-state index contributed by atoms with van der Waals surface area (Å²) < 4.78 is 15.9. The Balaban J connectivity index is 2.24. The van der Waals surface area contributed by atoms with E-state index in [0.717, 1.165) is 11.4 Å². The lowest BCUT2D eigenvalue weighted by Crippen LogP contribution is -2.30. The van der Waals surface area contributed by atoms with Crippen LogP contribution in [0.5, 0.6) is 0 Å². The first-order chi connectivity index (χ1) is 9.52. The number of hydrogen-bond acceptors (Lipinski definition) is 4. The second-order valence-corrected chi connectivity index (χ2v) is 5.67. The number of hydrogen-bond donors (Lipinski definition) is 2. The lowest BCUT2D eigenvalue weighted by Gasteiger charge is -2.17. The van der Waals surface area contributed by atoms with Crippen LogP contribution in [0.1, 0.15) is 37.3 Å². The maximum absolute atomic E-state index is 13.6. The first-order valence-corrected chi connectivity index (χ1v) is 7.11. The smallest absolute Gasteiger partial charge is 0.138 e. The molecule has 108 valence electrons. The lowest BCUT2D eigenvalue weighted by atomic mass is 10.0. The molecule has 7 heteroatoms. The Morgan fingerprint density at radius 1 is 1.45 bits per heavy atom. The van der Waals surface area contributed by atoms with Gasteiger partial charge in [0.15, 0.2) is 0 Å². The van der Waals surface area contributed by atoms with Gasteiger partial charge in [-0.25, -0.2) is 14.1 Å². The molecule has 0 fully saturated rings. The third-order valence-corrected chi connectivity index (χ3v) is 3.71. The van der Waals surface area contributed by atoms with E-state index in [0.29, 0.717) is 10.9 Å². The first-order valence-electron chi connectivity index (χ1n) is 6.32. The molecule has 3 N–H and O–H groups in total. The molecule has 0 radical (unpaired) electrons. The molecule has 0 saturated carbocycles. The van der Waals surface area contributed by atoms with Gasteiger partial charge in [-0.05, 0) is 47.5 Å². The summed E-state index contributed by atoms with van der Waals surface area (Å²) in [6.07, 6.45) is 2.06. The maximum Gasteiger partial charge on any atom is 0.138 e. The molecule has 1 heterocycles. The van der Waals surface area contributed by atoms with Crippen molar-refractivity contribution < 1.29 is 4.39 Å². The van der Waals surface area contributed by atoms with Gasteiger partial charge in [-0.2, -0.15) is 5.10 Å². The molecular formula is C13H17BrFN5. The van der Waals surface area contributed by atoms with Gasteiger partial charge in [-0.3, -0.25) is 11.3 Å². The van der Waals surface area contributed by atoms with Gasteiger partial charge in [0.2, 0.25) is 0 Å². The van der Waals surface area contributed by atoms with E-state index in [-0.39, 0.29) is 17.9 Å². The fraction of sp³-hybridized carbons (Fsp3) is 0.385. The highest BCUT2D eigenvalue weighted by Crippen LogP contribution is 2.23. The Morgan fingerprint density at radius 3 is 2.80 bits per heavy atom. The second-order valence-electron chi connectivity index (χ2n) is 4.81. The molecule has 0 spiro atoms. The fourth-order valence-electron chi connectivity index (χ4n) is 2.04. The quantitative estimate of drug-likeness (QED) is 0.647. The van der Waals surface area contributed by atoms with Crippen LogP contribution in [0, 0.1) is 5.82 Å². The van der Waals surface area contributed by atoms with E-state index in [2.05, 4.69) is 31.4 Å². The number of halogens is 2. The van der Waals surface area contributed by atoms with E-state index < -0.39 is 0 Å². The summed E-state index contributed by atoms with van der Waals surface area (Å²) in [7, 11) is 0. The Bertz CT molecular complexity index is 584. The van der Waals surface area contributed by atoms with E-state index in [4.69, 9.17) is 5.84 Å². The number of nitrogens with one attached hydrogen (secondary N) is 1. The molecule has 20 heavy (non-hydrogen) atoms. The summed E-state index contributed by atoms with van der Waals surface area (Å²) in [5, 5.41) is 4.18. The molecule has 1 atom stereocenters. The number of rotatable bonds is 5. The minimum atomic E-state index is -0.312. The molecule has 0 bridgehead atoms. The van der Waals surface area contributed by atoms with Gasteiger partial charge in [0.1, 0.15) is 18.0 Å². The monoisotopic (exact) mass is 341 g/mol. The third kappa shape index (κ3) is 3.23. The van der Waals surface area contributed by atoms with Crippen molar-refractivity contribution in [3.8, 4) is 0 Å². The molecule has 1 aromatic heterocycles. The van der Waals surface area contributed by atoms with Gasteiger partial charge in [-0.1, -0.05) is 6.07 Å². The van der Waals surface area contributed by atoms with Gasteiger partial charge in [0.05, 0.1) is 10.5 Å². The van der Waals surface area contributed by atoms with Crippen LogP contribution < -0.4 is 11.3 Å². The highest BCUT2D eigenvalue weighted by Gasteiger charge is 2.17. The predicted octanol–water partition coefficient (Wildman–Crippen LogP) is 2.51. The van der Waals surface area contributed by atoms with Gasteiger partial charge in [0.25, 0.3) is 0 Å². The first kappa shape index (κ1) is 15.1. The number of aromatic nitrogens is 3. The van der Waals surface area contributed by atoms with Crippen molar-refractivity contribution in [3.05, 3.63) is 46.2 Å². The standard InChI is InChI=1S/C13H17BrFN5/c1-8(2)20-13(17-7-18-20)6-12(19-16)9-3-4-10(14)11(15)5-9/h3-5,7-8,12,19H,6,16H2,1-2H3. The molecule has 5 nitrogen and oxygen atoms in total. The summed E-state index contributed by atoms with van der Waals surface area (Å²) in [5.41, 5.74) is 3.48. The van der Waals surface area contributed by atoms with Crippen molar-refractivity contribution in [3.63, 3.8) is 0 Å². The van der Waals surface area contributed by atoms with Crippen LogP contribution in [0.3, 0.4) is 0 Å². The molecule has 1 aromatic carbocycles. The number of benzene rings is 1. The third-order valence-electron chi connectivity index (χ3n) is 3.07. The van der Waals surface area contributed by atoms with Crippen molar-refractivity contribution in [1.82, 2.24) is 20.2 Å². The van der Waals surface area contributed by atoms with Crippen LogP contribution in [0.25, 0.3) is 0 Å². The molecule has 0 aliphatic heterocycles. The average molecular weight is 342 g/mol. The van der Waals surface area contributed by atoms with Crippen LogP contribution in [0.15, 0.2) is 29.0 Å². The largest absolute Gasteiger partial charge is 0.271 e. The predicted molar refractivity (Wildman–Crippen MR) is 78.3 cm³/mol. The second kappa shape index (κ2) is 6.43. The zero-order valence-electron chi connectivity index (χ0n) is 11.3. The molecule has 0 amide bonds. The van der Waals surface area contributed by atoms with Crippen LogP contribution in [0.2, 0.25) is 0 Å². The van der Waals surface area contributed by atoms with Crippen LogP contribution in [-0.4, -0.2) is 14.8 Å². The summed E-state index contributed by atoms with van der Waals surface area (Å²) in [6.45, 7) is 4.06. The Hall–Kier alpha value is -1.31. The molecule has 0 aliphatic rings. The van der Waals surface area contributed by atoms with E-state index >= 15 is 0 Å². The van der Waals surface area contributed by atoms with Crippen molar-refractivity contribution >= 4 is 15.9 Å². The summed E-state index contributed by atoms with van der Waals surface area (Å²) >= 11 is 3.14. The molecule has 2 aromatic rings. The van der Waals surface area contributed by atoms with E-state index in [1.807, 2.05) is 24.6 Å². The molecule has 0 aliphatic carbocycles. The number of nitrogens with two attached hydrogens (primary N) is 1. The summed E-state index contributed by atoms with van der Waals surface area (Å²) in [5.74, 6) is 6.09.